The summed E-state index contributed by atoms with van der Waals surface area (Å²) in [5, 5.41) is 16.2. The Morgan fingerprint density at radius 1 is 0.826 bits per heavy atom. The van der Waals surface area contributed by atoms with Gasteiger partial charge in [-0.05, 0) is 60.4 Å². The summed E-state index contributed by atoms with van der Waals surface area (Å²) in [4.78, 5) is 29.2. The fourth-order valence-corrected chi connectivity index (χ4v) is 6.03. The Kier molecular flexibility index (Phi) is 12.2. The number of nitrogens with one attached hydrogen (secondary N) is 2. The second kappa shape index (κ2) is 16.9. The zero-order valence-electron chi connectivity index (χ0n) is 25.6. The summed E-state index contributed by atoms with van der Waals surface area (Å²) in [6.07, 6.45) is 4.54. The number of rotatable bonds is 14. The van der Waals surface area contributed by atoms with Gasteiger partial charge in [-0.25, -0.2) is 4.98 Å². The number of anilines is 3. The van der Waals surface area contributed by atoms with E-state index in [0.717, 1.165) is 33.9 Å². The van der Waals surface area contributed by atoms with Gasteiger partial charge in [-0.1, -0.05) is 61.0 Å². The van der Waals surface area contributed by atoms with Crippen molar-refractivity contribution in [3.05, 3.63) is 114 Å². The summed E-state index contributed by atoms with van der Waals surface area (Å²) in [7, 11) is 0. The van der Waals surface area contributed by atoms with Gasteiger partial charge in [-0.15, -0.1) is 11.8 Å². The Morgan fingerprint density at radius 2 is 1.52 bits per heavy atom. The first-order chi connectivity index (χ1) is 22.5. The summed E-state index contributed by atoms with van der Waals surface area (Å²) >= 11 is 1.65. The number of aliphatic hydroxyl groups is 1. The van der Waals surface area contributed by atoms with Crippen LogP contribution in [-0.2, 0) is 25.7 Å². The average Bonchev–Trinajstić information content (AvgIpc) is 3.09. The van der Waals surface area contributed by atoms with Crippen molar-refractivity contribution in [3.8, 4) is 0 Å². The van der Waals surface area contributed by atoms with Gasteiger partial charge >= 0.3 is 0 Å². The number of hydrogen-bond donors (Lipinski definition) is 4. The van der Waals surface area contributed by atoms with Crippen LogP contribution in [0.4, 0.5) is 17.1 Å². The van der Waals surface area contributed by atoms with Gasteiger partial charge in [0.2, 0.25) is 11.8 Å². The molecule has 0 unspecified atom stereocenters. The highest BCUT2D eigenvalue weighted by molar-refractivity contribution is 7.99. The Labute approximate surface area is 273 Å². The van der Waals surface area contributed by atoms with Gasteiger partial charge in [0.1, 0.15) is 0 Å². The highest BCUT2D eigenvalue weighted by atomic mass is 32.2. The number of amides is 2. The number of nitrogens with two attached hydrogens (primary N) is 1. The molecule has 0 spiro atoms. The van der Waals surface area contributed by atoms with Crippen LogP contribution in [0.3, 0.4) is 0 Å². The van der Waals surface area contributed by atoms with E-state index in [2.05, 4.69) is 15.6 Å². The number of hydrogen-bond acceptors (Lipinski definition) is 8. The third-order valence-corrected chi connectivity index (χ3v) is 8.75. The molecular weight excluding hydrogens is 600 g/mol. The minimum Gasteiger partial charge on any atom is -0.397 e. The van der Waals surface area contributed by atoms with Gasteiger partial charge in [0.15, 0.2) is 6.29 Å². The van der Waals surface area contributed by atoms with E-state index in [1.807, 2.05) is 78.9 Å². The highest BCUT2D eigenvalue weighted by Gasteiger charge is 2.32. The maximum atomic E-state index is 12.6. The van der Waals surface area contributed by atoms with Crippen molar-refractivity contribution < 1.29 is 24.2 Å². The third-order valence-electron chi connectivity index (χ3n) is 7.68. The van der Waals surface area contributed by atoms with Crippen LogP contribution in [0, 0.1) is 0 Å². The zero-order chi connectivity index (χ0) is 32.1. The molecule has 1 aliphatic rings. The third kappa shape index (κ3) is 9.89. The summed E-state index contributed by atoms with van der Waals surface area (Å²) < 4.78 is 12.8. The van der Waals surface area contributed by atoms with Crippen molar-refractivity contribution >= 4 is 40.6 Å². The number of thioether (sulfide) groups is 1. The molecule has 10 heteroatoms. The molecule has 2 amide bonds. The minimum atomic E-state index is -0.578. The van der Waals surface area contributed by atoms with Crippen LogP contribution in [0.15, 0.2) is 102 Å². The number of carbonyl (C=O) groups excluding carboxylic acids is 2. The zero-order valence-corrected chi connectivity index (χ0v) is 26.5. The lowest BCUT2D eigenvalue weighted by molar-refractivity contribution is -0.245. The first-order valence-corrected chi connectivity index (χ1v) is 16.5. The number of unbranched alkanes of at least 4 members (excludes halogenated alkanes) is 2. The number of aromatic nitrogens is 1. The summed E-state index contributed by atoms with van der Waals surface area (Å²) in [5.41, 5.74) is 10.5. The van der Waals surface area contributed by atoms with Crippen molar-refractivity contribution in [3.63, 3.8) is 0 Å². The topological polar surface area (TPSA) is 136 Å². The number of aliphatic hydroxyl groups excluding tert-OH is 1. The quantitative estimate of drug-likeness (QED) is 0.0656. The molecule has 0 bridgehead atoms. The molecule has 1 aliphatic heterocycles. The predicted molar refractivity (Wildman–Crippen MR) is 181 cm³/mol. The van der Waals surface area contributed by atoms with Crippen LogP contribution in [0.2, 0.25) is 0 Å². The van der Waals surface area contributed by atoms with E-state index < -0.39 is 6.29 Å². The van der Waals surface area contributed by atoms with Crippen LogP contribution in [0.5, 0.6) is 0 Å². The lowest BCUT2D eigenvalue weighted by Crippen LogP contribution is -2.31. The molecule has 0 saturated carbocycles. The van der Waals surface area contributed by atoms with Crippen molar-refractivity contribution in [1.82, 2.24) is 4.98 Å². The van der Waals surface area contributed by atoms with Crippen molar-refractivity contribution in [2.24, 2.45) is 0 Å². The number of carbonyl (C=O) groups is 2. The molecule has 4 aromatic rings. The second-order valence-electron chi connectivity index (χ2n) is 11.2. The van der Waals surface area contributed by atoms with Gasteiger partial charge in [0.05, 0.1) is 35.2 Å². The predicted octanol–water partition coefficient (Wildman–Crippen LogP) is 7.02. The van der Waals surface area contributed by atoms with E-state index in [1.165, 1.54) is 0 Å². The van der Waals surface area contributed by atoms with E-state index in [4.69, 9.17) is 15.2 Å². The van der Waals surface area contributed by atoms with Gasteiger partial charge < -0.3 is 30.9 Å². The molecule has 1 fully saturated rings. The number of benzene rings is 3. The van der Waals surface area contributed by atoms with Gasteiger partial charge in [-0.2, -0.15) is 0 Å². The van der Waals surface area contributed by atoms with E-state index >= 15 is 0 Å². The van der Waals surface area contributed by atoms with E-state index in [0.29, 0.717) is 49.2 Å². The molecule has 3 aromatic carbocycles. The van der Waals surface area contributed by atoms with Gasteiger partial charge in [0.25, 0.3) is 0 Å². The molecule has 240 valence electrons. The Hall–Kier alpha value is -4.22. The SMILES string of the molecule is Nc1ccccc1NC(=O)CCCCCC(=O)Nc1ccc([C@H]2O[C@@H](CSc3ccccn3)C[C@@H](c3ccc(CO)cc3)O2)cc1. The summed E-state index contributed by atoms with van der Waals surface area (Å²) in [6, 6.07) is 28.4. The molecule has 1 saturated heterocycles. The minimum absolute atomic E-state index is 0.00601. The van der Waals surface area contributed by atoms with Crippen LogP contribution in [0.25, 0.3) is 0 Å². The molecule has 46 heavy (non-hydrogen) atoms. The molecular formula is C36H40N4O5S. The Morgan fingerprint density at radius 3 is 2.22 bits per heavy atom. The normalized spacial score (nSPS) is 17.7. The van der Waals surface area contributed by atoms with Crippen LogP contribution >= 0.6 is 11.8 Å². The molecule has 5 rings (SSSR count). The monoisotopic (exact) mass is 640 g/mol. The Bertz CT molecular complexity index is 1550. The molecule has 0 aliphatic carbocycles. The maximum absolute atomic E-state index is 12.6. The van der Waals surface area contributed by atoms with Crippen molar-refractivity contribution in [2.75, 3.05) is 22.1 Å². The molecule has 1 aromatic heterocycles. The first kappa shape index (κ1) is 33.2. The number of para-hydroxylation sites is 2. The average molecular weight is 641 g/mol. The smallest absolute Gasteiger partial charge is 0.224 e. The van der Waals surface area contributed by atoms with Gasteiger partial charge in [0, 0.05) is 42.5 Å². The number of pyridine rings is 1. The number of nitrogen functional groups attached to an aromatic ring is 1. The molecule has 3 atom stereocenters. The molecule has 9 nitrogen and oxygen atoms in total. The van der Waals surface area contributed by atoms with Crippen LogP contribution in [-0.4, -0.2) is 33.8 Å². The molecule has 0 radical (unpaired) electrons. The van der Waals surface area contributed by atoms with E-state index in [1.54, 1.807) is 30.1 Å². The largest absolute Gasteiger partial charge is 0.397 e. The summed E-state index contributed by atoms with van der Waals surface area (Å²) in [6.45, 7) is -0.00601. The Balaban J connectivity index is 1.10. The second-order valence-corrected chi connectivity index (χ2v) is 12.2. The van der Waals surface area contributed by atoms with E-state index in [-0.39, 0.29) is 30.6 Å². The first-order valence-electron chi connectivity index (χ1n) is 15.6. The standard InChI is InChI=1S/C36H40N4O5S/c37-30-8-4-5-9-31(30)40-34(43)11-3-1-2-10-33(42)39-28-19-17-27(18-20-28)36-44-29(24-46-35-12-6-7-21-38-35)22-32(45-36)26-15-13-25(23-41)14-16-26/h4-9,12-21,29,32,36,41H,1-3,10-11,22-24,37H2,(H,39,42)(H,40,43)/t29-,32+,36+/m1/s1. The highest BCUT2D eigenvalue weighted by Crippen LogP contribution is 2.39. The maximum Gasteiger partial charge on any atom is 0.224 e. The number of ether oxygens (including phenoxy) is 2. The van der Waals surface area contributed by atoms with Crippen molar-refractivity contribution in [1.29, 1.82) is 0 Å². The van der Waals surface area contributed by atoms with E-state index in [9.17, 15) is 14.7 Å². The lowest BCUT2D eigenvalue weighted by Gasteiger charge is -2.36. The fraction of sp³-hybridized carbons (Fsp3) is 0.306. The van der Waals surface area contributed by atoms with Crippen LogP contribution < -0.4 is 16.4 Å². The molecule has 2 heterocycles. The van der Waals surface area contributed by atoms with Crippen LogP contribution in [0.1, 0.15) is 67.6 Å². The lowest BCUT2D eigenvalue weighted by atomic mass is 10.0. The fourth-order valence-electron chi connectivity index (χ4n) is 5.15. The number of nitrogens with zero attached hydrogens (tertiary/aromatic N) is 1. The van der Waals surface area contributed by atoms with Crippen molar-refractivity contribution in [2.45, 2.75) is 68.7 Å². The summed E-state index contributed by atoms with van der Waals surface area (Å²) in [5.74, 6) is 0.567. The molecule has 5 N–H and O–H groups in total. The van der Waals surface area contributed by atoms with Gasteiger partial charge in [-0.3, -0.25) is 9.59 Å².